The molecule has 0 aliphatic carbocycles. The third kappa shape index (κ3) is 5.14. The van der Waals surface area contributed by atoms with Gasteiger partial charge in [-0.25, -0.2) is 14.8 Å². The minimum absolute atomic E-state index is 0.170. The van der Waals surface area contributed by atoms with E-state index in [4.69, 9.17) is 24.9 Å². The third-order valence-electron chi connectivity index (χ3n) is 4.42. The summed E-state index contributed by atoms with van der Waals surface area (Å²) in [5.41, 5.74) is 8.79. The number of nitrogens with two attached hydrogens (primary N) is 1. The smallest absolute Gasteiger partial charge is 0.344 e. The van der Waals surface area contributed by atoms with E-state index in [1.165, 1.54) is 6.20 Å². The molecule has 2 aromatic heterocycles. The second kappa shape index (κ2) is 10.6. The van der Waals surface area contributed by atoms with E-state index in [2.05, 4.69) is 15.3 Å². The average Bonchev–Trinajstić information content (AvgIpc) is 3.12. The first-order valence-electron chi connectivity index (χ1n) is 9.84. The van der Waals surface area contributed by atoms with Gasteiger partial charge in [-0.05, 0) is 26.0 Å². The highest BCUT2D eigenvalue weighted by molar-refractivity contribution is 7.19. The van der Waals surface area contributed by atoms with Crippen LogP contribution < -0.4 is 20.5 Å². The number of benzene rings is 1. The molecule has 0 radical (unpaired) electrons. The molecule has 32 heavy (non-hydrogen) atoms. The summed E-state index contributed by atoms with van der Waals surface area (Å²) >= 11 is 1.59. The maximum absolute atomic E-state index is 11.6. The number of nitrogens with one attached hydrogen (secondary N) is 1. The Bertz CT molecular complexity index is 1170. The lowest BCUT2D eigenvalue weighted by Gasteiger charge is -2.12. The van der Waals surface area contributed by atoms with E-state index < -0.39 is 5.97 Å². The van der Waals surface area contributed by atoms with Crippen molar-refractivity contribution in [3.63, 3.8) is 0 Å². The van der Waals surface area contributed by atoms with Crippen molar-refractivity contribution < 1.29 is 19.0 Å². The standard InChI is InChI=1S/C22H25N5O4S/c1-5-30-19(28)12-31-15-6-7-16(17(8-15)29-4)20-13(2)32-18-11-25-22(27-21(18)20)26-14(9-23)10-24-3/h6-11H,5,12,23H2,1-4H3,(H,25,26,27). The van der Waals surface area contributed by atoms with Gasteiger partial charge in [-0.2, -0.15) is 0 Å². The van der Waals surface area contributed by atoms with E-state index >= 15 is 0 Å². The number of thiophene rings is 1. The molecule has 0 unspecified atom stereocenters. The van der Waals surface area contributed by atoms with Gasteiger partial charge in [0.25, 0.3) is 0 Å². The van der Waals surface area contributed by atoms with Crippen LogP contribution in [0.15, 0.2) is 41.3 Å². The number of esters is 1. The fourth-order valence-corrected chi connectivity index (χ4v) is 4.07. The van der Waals surface area contributed by atoms with Gasteiger partial charge in [0.2, 0.25) is 5.95 Å². The minimum atomic E-state index is -0.425. The largest absolute Gasteiger partial charge is 0.496 e. The van der Waals surface area contributed by atoms with Crippen molar-refractivity contribution in [2.45, 2.75) is 13.8 Å². The number of aromatic nitrogens is 2. The molecule has 0 fully saturated rings. The highest BCUT2D eigenvalue weighted by Crippen LogP contribution is 2.42. The van der Waals surface area contributed by atoms with Gasteiger partial charge in [-0.15, -0.1) is 11.3 Å². The lowest BCUT2D eigenvalue weighted by molar-refractivity contribution is -0.145. The number of hydrogen-bond donors (Lipinski definition) is 2. The van der Waals surface area contributed by atoms with Crippen molar-refractivity contribution in [1.82, 2.24) is 9.97 Å². The molecule has 0 saturated heterocycles. The molecule has 168 valence electrons. The molecule has 9 nitrogen and oxygen atoms in total. The third-order valence-corrected chi connectivity index (χ3v) is 5.44. The maximum atomic E-state index is 11.6. The molecule has 3 aromatic rings. The summed E-state index contributed by atoms with van der Waals surface area (Å²) in [4.78, 5) is 25.7. The molecule has 3 rings (SSSR count). The lowest BCUT2D eigenvalue weighted by Crippen LogP contribution is -2.14. The van der Waals surface area contributed by atoms with E-state index in [1.54, 1.807) is 57.0 Å². The monoisotopic (exact) mass is 455 g/mol. The second-order valence-corrected chi connectivity index (χ2v) is 7.79. The highest BCUT2D eigenvalue weighted by atomic mass is 32.1. The molecule has 3 N–H and O–H groups in total. The van der Waals surface area contributed by atoms with Crippen molar-refractivity contribution in [3.05, 3.63) is 41.2 Å². The van der Waals surface area contributed by atoms with Crippen molar-refractivity contribution >= 4 is 39.7 Å². The normalized spacial score (nSPS) is 11.7. The van der Waals surface area contributed by atoms with Crippen LogP contribution in [0.25, 0.3) is 21.3 Å². The van der Waals surface area contributed by atoms with Gasteiger partial charge in [0, 0.05) is 41.5 Å². The first-order valence-corrected chi connectivity index (χ1v) is 10.7. The summed E-state index contributed by atoms with van der Waals surface area (Å²) in [6, 6.07) is 5.41. The van der Waals surface area contributed by atoms with E-state index in [9.17, 15) is 4.79 Å². The Morgan fingerprint density at radius 3 is 2.88 bits per heavy atom. The fraction of sp³-hybridized carbons (Fsp3) is 0.273. The summed E-state index contributed by atoms with van der Waals surface area (Å²) in [5.74, 6) is 1.08. The van der Waals surface area contributed by atoms with Gasteiger partial charge in [-0.3, -0.25) is 4.99 Å². The number of ether oxygens (including phenoxy) is 3. The molecule has 10 heteroatoms. The van der Waals surface area contributed by atoms with Crippen LogP contribution in [-0.4, -0.2) is 49.5 Å². The Balaban J connectivity index is 1.98. The van der Waals surface area contributed by atoms with Crippen LogP contribution in [0.1, 0.15) is 11.8 Å². The van der Waals surface area contributed by atoms with Gasteiger partial charge in [0.15, 0.2) is 6.61 Å². The van der Waals surface area contributed by atoms with Crippen LogP contribution in [0, 0.1) is 6.92 Å². The number of carbonyl (C=O) groups is 1. The van der Waals surface area contributed by atoms with Crippen LogP contribution >= 0.6 is 11.3 Å². The number of carbonyl (C=O) groups excluding carboxylic acids is 1. The van der Waals surface area contributed by atoms with Gasteiger partial charge >= 0.3 is 5.97 Å². The molecule has 0 atom stereocenters. The number of hydrogen-bond acceptors (Lipinski definition) is 10. The predicted octanol–water partition coefficient (Wildman–Crippen LogP) is 3.53. The molecule has 1 aromatic carbocycles. The zero-order chi connectivity index (χ0) is 23.1. The Hall–Kier alpha value is -3.66. The van der Waals surface area contributed by atoms with Crippen molar-refractivity contribution in [2.24, 2.45) is 10.7 Å². The number of aliphatic imine (C=N–C) groups is 1. The van der Waals surface area contributed by atoms with Crippen molar-refractivity contribution in [2.75, 3.05) is 32.7 Å². The maximum Gasteiger partial charge on any atom is 0.344 e. The first kappa shape index (κ1) is 23.0. The number of rotatable bonds is 9. The molecule has 0 aliphatic heterocycles. The minimum Gasteiger partial charge on any atom is -0.496 e. The van der Waals surface area contributed by atoms with Crippen molar-refractivity contribution in [3.8, 4) is 22.6 Å². The summed E-state index contributed by atoms with van der Waals surface area (Å²) in [5, 5.41) is 3.06. The van der Waals surface area contributed by atoms with Crippen LogP contribution in [0.3, 0.4) is 0 Å². The molecular weight excluding hydrogens is 430 g/mol. The number of anilines is 1. The lowest BCUT2D eigenvalue weighted by atomic mass is 10.0. The Kier molecular flexibility index (Phi) is 7.61. The number of fused-ring (bicyclic) bond motifs is 1. The second-order valence-electron chi connectivity index (χ2n) is 6.53. The van der Waals surface area contributed by atoms with Crippen LogP contribution in [0.4, 0.5) is 5.95 Å². The molecule has 2 heterocycles. The zero-order valence-electron chi connectivity index (χ0n) is 18.3. The molecule has 0 aliphatic rings. The molecule has 0 saturated carbocycles. The van der Waals surface area contributed by atoms with Gasteiger partial charge in [0.05, 0.1) is 35.8 Å². The molecule has 0 bridgehead atoms. The predicted molar refractivity (Wildman–Crippen MR) is 127 cm³/mol. The average molecular weight is 456 g/mol. The quantitative estimate of drug-likeness (QED) is 0.371. The first-order chi connectivity index (χ1) is 15.5. The van der Waals surface area contributed by atoms with E-state index in [0.29, 0.717) is 29.8 Å². The van der Waals surface area contributed by atoms with E-state index in [-0.39, 0.29) is 6.61 Å². The molecule has 0 amide bonds. The number of allylic oxidation sites excluding steroid dienone is 1. The summed E-state index contributed by atoms with van der Waals surface area (Å²) < 4.78 is 17.0. The number of aryl methyl sites for hydroxylation is 1. The van der Waals surface area contributed by atoms with Gasteiger partial charge in [0.1, 0.15) is 11.5 Å². The Labute approximate surface area is 189 Å². The zero-order valence-corrected chi connectivity index (χ0v) is 19.2. The summed E-state index contributed by atoms with van der Waals surface area (Å²) in [6.45, 7) is 3.91. The van der Waals surface area contributed by atoms with Crippen LogP contribution in [-0.2, 0) is 9.53 Å². The molecular formula is C22H25N5O4S. The SMILES string of the molecule is CCOC(=O)COc1ccc(-c2c(C)sc3cnc(NC(C=NC)=CN)nc23)c(OC)c1. The summed E-state index contributed by atoms with van der Waals surface area (Å²) in [6.07, 6.45) is 4.76. The van der Waals surface area contributed by atoms with Crippen LogP contribution in [0.2, 0.25) is 0 Å². The summed E-state index contributed by atoms with van der Waals surface area (Å²) in [7, 11) is 3.24. The van der Waals surface area contributed by atoms with Crippen LogP contribution in [0.5, 0.6) is 11.5 Å². The Morgan fingerprint density at radius 1 is 1.38 bits per heavy atom. The van der Waals surface area contributed by atoms with Gasteiger partial charge in [-0.1, -0.05) is 0 Å². The van der Waals surface area contributed by atoms with Gasteiger partial charge < -0.3 is 25.3 Å². The Morgan fingerprint density at radius 2 is 2.19 bits per heavy atom. The van der Waals surface area contributed by atoms with E-state index in [0.717, 1.165) is 26.2 Å². The topological polar surface area (TPSA) is 121 Å². The van der Waals surface area contributed by atoms with Crippen molar-refractivity contribution in [1.29, 1.82) is 0 Å². The highest BCUT2D eigenvalue weighted by Gasteiger charge is 2.18. The fourth-order valence-electron chi connectivity index (χ4n) is 3.08. The number of methoxy groups -OCH3 is 1. The van der Waals surface area contributed by atoms with E-state index in [1.807, 2.05) is 13.0 Å². The molecule has 0 spiro atoms. The number of nitrogens with zero attached hydrogens (tertiary/aromatic N) is 3.